The number of phenols is 1. The average molecular weight is 251 g/mol. The van der Waals surface area contributed by atoms with Crippen molar-refractivity contribution in [3.05, 3.63) is 29.6 Å². The maximum atomic E-state index is 12.9. The summed E-state index contributed by atoms with van der Waals surface area (Å²) >= 11 is 0. The van der Waals surface area contributed by atoms with Gasteiger partial charge in [-0.05, 0) is 38.7 Å². The fourth-order valence-electron chi connectivity index (χ4n) is 2.96. The monoisotopic (exact) mass is 251 g/mol. The molecule has 18 heavy (non-hydrogen) atoms. The lowest BCUT2D eigenvalue weighted by Crippen LogP contribution is -2.34. The summed E-state index contributed by atoms with van der Waals surface area (Å²) in [6, 6.07) is 4.71. The zero-order chi connectivity index (χ0) is 13.1. The zero-order valence-electron chi connectivity index (χ0n) is 11.1. The van der Waals surface area contributed by atoms with Crippen molar-refractivity contribution >= 4 is 0 Å². The summed E-state index contributed by atoms with van der Waals surface area (Å²) < 4.78 is 12.9. The van der Waals surface area contributed by atoms with Crippen molar-refractivity contribution < 1.29 is 9.50 Å². The molecule has 1 saturated carbocycles. The molecule has 2 N–H and O–H groups in total. The van der Waals surface area contributed by atoms with Crippen LogP contribution in [-0.2, 0) is 0 Å². The van der Waals surface area contributed by atoms with Crippen LogP contribution in [0.1, 0.15) is 51.1 Å². The van der Waals surface area contributed by atoms with E-state index in [0.717, 1.165) is 11.5 Å². The third kappa shape index (κ3) is 3.02. The summed E-state index contributed by atoms with van der Waals surface area (Å²) in [5.74, 6) is 0.371. The predicted octanol–water partition coefficient (Wildman–Crippen LogP) is 3.76. The Bertz CT molecular complexity index is 401. The van der Waals surface area contributed by atoms with Crippen LogP contribution in [0, 0.1) is 11.7 Å². The van der Waals surface area contributed by atoms with Gasteiger partial charge in [0, 0.05) is 23.7 Å². The van der Waals surface area contributed by atoms with E-state index in [-0.39, 0.29) is 11.8 Å². The summed E-state index contributed by atoms with van der Waals surface area (Å²) in [7, 11) is 0. The largest absolute Gasteiger partial charge is 0.508 e. The van der Waals surface area contributed by atoms with Gasteiger partial charge in [-0.1, -0.05) is 18.9 Å². The smallest absolute Gasteiger partial charge is 0.126 e. The number of benzene rings is 1. The van der Waals surface area contributed by atoms with Gasteiger partial charge < -0.3 is 10.4 Å². The Morgan fingerprint density at radius 2 is 1.94 bits per heavy atom. The van der Waals surface area contributed by atoms with Crippen LogP contribution >= 0.6 is 0 Å². The molecule has 2 nitrogen and oxygen atoms in total. The molecule has 0 heterocycles. The van der Waals surface area contributed by atoms with Crippen molar-refractivity contribution in [2.75, 3.05) is 0 Å². The summed E-state index contributed by atoms with van der Waals surface area (Å²) in [4.78, 5) is 0. The Balaban J connectivity index is 2.00. The van der Waals surface area contributed by atoms with Gasteiger partial charge in [0.15, 0.2) is 0 Å². The molecule has 0 saturated heterocycles. The van der Waals surface area contributed by atoms with Crippen molar-refractivity contribution in [3.63, 3.8) is 0 Å². The molecule has 1 aliphatic carbocycles. The second-order valence-electron chi connectivity index (χ2n) is 5.42. The molecule has 2 rings (SSSR count). The van der Waals surface area contributed by atoms with Crippen molar-refractivity contribution in [1.29, 1.82) is 0 Å². The van der Waals surface area contributed by atoms with Crippen molar-refractivity contribution in [2.24, 2.45) is 5.92 Å². The molecular formula is C15H22FNO. The minimum atomic E-state index is -0.396. The third-order valence-corrected chi connectivity index (χ3v) is 4.08. The summed E-state index contributed by atoms with van der Waals surface area (Å²) in [6.07, 6.45) is 5.23. The van der Waals surface area contributed by atoms with Crippen LogP contribution in [0.4, 0.5) is 4.39 Å². The Hall–Kier alpha value is -1.09. The number of rotatable bonds is 4. The Labute approximate surface area is 108 Å². The van der Waals surface area contributed by atoms with Crippen LogP contribution < -0.4 is 5.32 Å². The second-order valence-corrected chi connectivity index (χ2v) is 5.42. The first-order valence-electron chi connectivity index (χ1n) is 6.82. The quantitative estimate of drug-likeness (QED) is 0.854. The van der Waals surface area contributed by atoms with E-state index in [2.05, 4.69) is 12.2 Å². The topological polar surface area (TPSA) is 32.3 Å². The molecular weight excluding hydrogens is 229 g/mol. The van der Waals surface area contributed by atoms with Gasteiger partial charge in [0.25, 0.3) is 0 Å². The lowest BCUT2D eigenvalue weighted by atomic mass is 9.97. The standard InChI is InChI=1S/C15H22FNO/c1-10(12-5-3-4-6-12)17-11(2)14-8-7-13(16)9-15(14)18/h7-12,17-18H,3-6H2,1-2H3/t10-,11?/m0/s1. The summed E-state index contributed by atoms with van der Waals surface area (Å²) in [5, 5.41) is 13.3. The highest BCUT2D eigenvalue weighted by Crippen LogP contribution is 2.30. The van der Waals surface area contributed by atoms with E-state index >= 15 is 0 Å². The molecule has 0 amide bonds. The molecule has 0 spiro atoms. The maximum Gasteiger partial charge on any atom is 0.126 e. The summed E-state index contributed by atoms with van der Waals surface area (Å²) in [5.41, 5.74) is 0.765. The first-order valence-corrected chi connectivity index (χ1v) is 6.82. The maximum absolute atomic E-state index is 12.9. The molecule has 1 aromatic carbocycles. The van der Waals surface area contributed by atoms with Gasteiger partial charge in [0.05, 0.1) is 0 Å². The minimum Gasteiger partial charge on any atom is -0.508 e. The van der Waals surface area contributed by atoms with E-state index in [4.69, 9.17) is 0 Å². The Morgan fingerprint density at radius 1 is 1.28 bits per heavy atom. The highest BCUT2D eigenvalue weighted by Gasteiger charge is 2.23. The van der Waals surface area contributed by atoms with E-state index in [1.54, 1.807) is 6.07 Å². The molecule has 2 atom stereocenters. The van der Waals surface area contributed by atoms with E-state index in [1.165, 1.54) is 37.8 Å². The fourth-order valence-corrected chi connectivity index (χ4v) is 2.96. The number of halogens is 1. The first-order chi connectivity index (χ1) is 8.58. The fraction of sp³-hybridized carbons (Fsp3) is 0.600. The SMILES string of the molecule is CC(N[C@@H](C)C1CCCC1)c1ccc(F)cc1O. The van der Waals surface area contributed by atoms with Gasteiger partial charge in [-0.15, -0.1) is 0 Å². The number of hydrogen-bond acceptors (Lipinski definition) is 2. The van der Waals surface area contributed by atoms with Gasteiger partial charge in [-0.3, -0.25) is 0 Å². The van der Waals surface area contributed by atoms with Crippen molar-refractivity contribution in [3.8, 4) is 5.75 Å². The lowest BCUT2D eigenvalue weighted by Gasteiger charge is -2.25. The van der Waals surface area contributed by atoms with Crippen molar-refractivity contribution in [2.45, 2.75) is 51.6 Å². The van der Waals surface area contributed by atoms with E-state index in [0.29, 0.717) is 6.04 Å². The average Bonchev–Trinajstić information content (AvgIpc) is 2.81. The van der Waals surface area contributed by atoms with Gasteiger partial charge in [-0.2, -0.15) is 0 Å². The molecule has 100 valence electrons. The highest BCUT2D eigenvalue weighted by molar-refractivity contribution is 5.34. The number of phenolic OH excluding ortho intramolecular Hbond substituents is 1. The molecule has 1 fully saturated rings. The van der Waals surface area contributed by atoms with Gasteiger partial charge in [0.1, 0.15) is 11.6 Å². The van der Waals surface area contributed by atoms with Crippen LogP contribution in [0.25, 0.3) is 0 Å². The second kappa shape index (κ2) is 5.70. The van der Waals surface area contributed by atoms with Crippen molar-refractivity contribution in [1.82, 2.24) is 5.32 Å². The number of aromatic hydroxyl groups is 1. The third-order valence-electron chi connectivity index (χ3n) is 4.08. The molecule has 0 aromatic heterocycles. The molecule has 0 radical (unpaired) electrons. The molecule has 0 bridgehead atoms. The van der Waals surface area contributed by atoms with E-state index in [9.17, 15) is 9.50 Å². The van der Waals surface area contributed by atoms with E-state index in [1.807, 2.05) is 6.92 Å². The Morgan fingerprint density at radius 3 is 2.56 bits per heavy atom. The number of nitrogens with one attached hydrogen (secondary N) is 1. The van der Waals surface area contributed by atoms with Crippen LogP contribution in [0.15, 0.2) is 18.2 Å². The molecule has 3 heteroatoms. The van der Waals surface area contributed by atoms with Gasteiger partial charge in [0.2, 0.25) is 0 Å². The normalized spacial score (nSPS) is 19.9. The Kier molecular flexibility index (Phi) is 4.23. The molecule has 0 aliphatic heterocycles. The lowest BCUT2D eigenvalue weighted by molar-refractivity contribution is 0.347. The van der Waals surface area contributed by atoms with Crippen LogP contribution in [0.2, 0.25) is 0 Å². The molecule has 1 aromatic rings. The highest BCUT2D eigenvalue weighted by atomic mass is 19.1. The first kappa shape index (κ1) is 13.3. The van der Waals surface area contributed by atoms with Gasteiger partial charge in [-0.25, -0.2) is 4.39 Å². The molecule has 1 aliphatic rings. The minimum absolute atomic E-state index is 0.0358. The molecule has 1 unspecified atom stereocenters. The van der Waals surface area contributed by atoms with Crippen LogP contribution in [-0.4, -0.2) is 11.1 Å². The number of hydrogen-bond donors (Lipinski definition) is 2. The zero-order valence-corrected chi connectivity index (χ0v) is 11.1. The predicted molar refractivity (Wildman–Crippen MR) is 71.0 cm³/mol. The van der Waals surface area contributed by atoms with E-state index < -0.39 is 5.82 Å². The van der Waals surface area contributed by atoms with Crippen LogP contribution in [0.3, 0.4) is 0 Å². The van der Waals surface area contributed by atoms with Crippen LogP contribution in [0.5, 0.6) is 5.75 Å². The van der Waals surface area contributed by atoms with Gasteiger partial charge >= 0.3 is 0 Å². The summed E-state index contributed by atoms with van der Waals surface area (Å²) in [6.45, 7) is 4.21.